The molecule has 0 bridgehead atoms. The summed E-state index contributed by atoms with van der Waals surface area (Å²) in [5, 5.41) is 0. The predicted molar refractivity (Wildman–Crippen MR) is 118 cm³/mol. The zero-order chi connectivity index (χ0) is 24.6. The van der Waals surface area contributed by atoms with Gasteiger partial charge in [0, 0.05) is 19.5 Å². The Kier molecular flexibility index (Phi) is 7.03. The van der Waals surface area contributed by atoms with Crippen LogP contribution in [0.2, 0.25) is 0 Å². The SMILES string of the molecule is CCC(=O)C(Oc1cnc(-c2nc3cc(C(F)(F)F)ncc3n2C)c(S(=O)(=O)CC)c1)SC. The molecule has 8 nitrogen and oxygen atoms in total. The number of halogens is 3. The predicted octanol–water partition coefficient (Wildman–Crippen LogP) is 3.89. The fourth-order valence-corrected chi connectivity index (χ4v) is 4.72. The summed E-state index contributed by atoms with van der Waals surface area (Å²) in [6.45, 7) is 3.14. The number of imidazole rings is 1. The van der Waals surface area contributed by atoms with E-state index in [1.807, 2.05) is 0 Å². The fourth-order valence-electron chi connectivity index (χ4n) is 3.04. The van der Waals surface area contributed by atoms with E-state index in [1.54, 1.807) is 13.2 Å². The Morgan fingerprint density at radius 2 is 1.91 bits per heavy atom. The van der Waals surface area contributed by atoms with E-state index >= 15 is 0 Å². The van der Waals surface area contributed by atoms with Crippen LogP contribution in [0.1, 0.15) is 26.0 Å². The van der Waals surface area contributed by atoms with Crippen molar-refractivity contribution in [1.29, 1.82) is 0 Å². The van der Waals surface area contributed by atoms with Crippen molar-refractivity contribution in [3.63, 3.8) is 0 Å². The molecule has 0 aliphatic heterocycles. The molecule has 3 aromatic rings. The van der Waals surface area contributed by atoms with Crippen molar-refractivity contribution in [2.45, 2.75) is 36.8 Å². The highest BCUT2D eigenvalue weighted by Crippen LogP contribution is 2.33. The van der Waals surface area contributed by atoms with Gasteiger partial charge in [0.05, 0.1) is 29.2 Å². The van der Waals surface area contributed by atoms with Gasteiger partial charge in [0.15, 0.2) is 21.4 Å². The fraction of sp³-hybridized carbons (Fsp3) is 0.400. The lowest BCUT2D eigenvalue weighted by Gasteiger charge is -2.16. The summed E-state index contributed by atoms with van der Waals surface area (Å²) in [5.74, 6) is -0.299. The number of ether oxygens (including phenoxy) is 1. The maximum absolute atomic E-state index is 13.0. The highest BCUT2D eigenvalue weighted by molar-refractivity contribution is 7.99. The lowest BCUT2D eigenvalue weighted by Crippen LogP contribution is -2.23. The van der Waals surface area contributed by atoms with Gasteiger partial charge in [-0.15, -0.1) is 11.8 Å². The zero-order valence-electron chi connectivity index (χ0n) is 18.2. The minimum atomic E-state index is -4.65. The standard InChI is InChI=1S/C20H21F3N4O4S2/c1-5-14(28)19(32-4)31-11-7-15(33(29,30)6-2)17(25-9-11)18-26-12-8-16(20(21,22)23)24-10-13(12)27(18)3/h7-10,19H,5-6H2,1-4H3. The molecule has 1 atom stereocenters. The Bertz CT molecular complexity index is 1310. The van der Waals surface area contributed by atoms with E-state index in [1.165, 1.54) is 30.8 Å². The Morgan fingerprint density at radius 1 is 1.21 bits per heavy atom. The number of aromatic nitrogens is 4. The number of thioether (sulfide) groups is 1. The van der Waals surface area contributed by atoms with Gasteiger partial charge >= 0.3 is 6.18 Å². The molecular formula is C20H21F3N4O4S2. The highest BCUT2D eigenvalue weighted by Gasteiger charge is 2.33. The first-order valence-corrected chi connectivity index (χ1v) is 12.7. The highest BCUT2D eigenvalue weighted by atomic mass is 32.2. The van der Waals surface area contributed by atoms with Crippen molar-refractivity contribution in [1.82, 2.24) is 19.5 Å². The number of pyridine rings is 2. The van der Waals surface area contributed by atoms with E-state index in [9.17, 15) is 26.4 Å². The summed E-state index contributed by atoms with van der Waals surface area (Å²) in [7, 11) is -2.31. The number of hydrogen-bond acceptors (Lipinski definition) is 8. The summed E-state index contributed by atoms with van der Waals surface area (Å²) in [4.78, 5) is 23.7. The first kappa shape index (κ1) is 25.0. The van der Waals surface area contributed by atoms with Crippen molar-refractivity contribution in [2.75, 3.05) is 12.0 Å². The van der Waals surface area contributed by atoms with Gasteiger partial charge in [0.2, 0.25) is 5.44 Å². The van der Waals surface area contributed by atoms with Crippen molar-refractivity contribution in [2.24, 2.45) is 7.05 Å². The van der Waals surface area contributed by atoms with E-state index < -0.39 is 27.1 Å². The molecule has 1 unspecified atom stereocenters. The van der Waals surface area contributed by atoms with Crippen LogP contribution in [0.4, 0.5) is 13.2 Å². The van der Waals surface area contributed by atoms with Gasteiger partial charge < -0.3 is 9.30 Å². The molecule has 0 aliphatic rings. The molecule has 0 aliphatic carbocycles. The minimum absolute atomic E-state index is 0.00668. The molecule has 3 heterocycles. The maximum Gasteiger partial charge on any atom is 0.433 e. The quantitative estimate of drug-likeness (QED) is 0.428. The van der Waals surface area contributed by atoms with Crippen LogP contribution in [0.3, 0.4) is 0 Å². The molecule has 0 aromatic carbocycles. The molecule has 0 N–H and O–H groups in total. The molecule has 0 amide bonds. The average molecular weight is 503 g/mol. The second-order valence-corrected chi connectivity index (χ2v) is 10.1. The van der Waals surface area contributed by atoms with Crippen molar-refractivity contribution in [3.05, 3.63) is 30.2 Å². The maximum atomic E-state index is 13.0. The third-order valence-electron chi connectivity index (χ3n) is 4.88. The van der Waals surface area contributed by atoms with Crippen LogP contribution in [0.15, 0.2) is 29.4 Å². The molecule has 13 heteroatoms. The largest absolute Gasteiger partial charge is 0.470 e. The van der Waals surface area contributed by atoms with E-state index in [0.29, 0.717) is 0 Å². The topological polar surface area (TPSA) is 104 Å². The Morgan fingerprint density at radius 3 is 2.48 bits per heavy atom. The Balaban J connectivity index is 2.17. The van der Waals surface area contributed by atoms with Crippen LogP contribution in [0.25, 0.3) is 22.6 Å². The second kappa shape index (κ2) is 9.29. The monoisotopic (exact) mass is 502 g/mol. The van der Waals surface area contributed by atoms with Crippen molar-refractivity contribution in [3.8, 4) is 17.3 Å². The first-order valence-electron chi connectivity index (χ1n) is 9.77. The van der Waals surface area contributed by atoms with Crippen LogP contribution < -0.4 is 4.74 Å². The molecule has 0 radical (unpaired) electrons. The number of sulfone groups is 1. The molecule has 0 spiro atoms. The number of carbonyl (C=O) groups excluding carboxylic acids is 1. The van der Waals surface area contributed by atoms with Crippen LogP contribution in [0.5, 0.6) is 5.75 Å². The number of nitrogens with zero attached hydrogens (tertiary/aromatic N) is 4. The smallest absolute Gasteiger partial charge is 0.433 e. The number of fused-ring (bicyclic) bond motifs is 1. The summed E-state index contributed by atoms with van der Waals surface area (Å²) >= 11 is 1.16. The number of Topliss-reactive ketones (excluding diaryl/α,β-unsaturated/α-hetero) is 1. The molecule has 0 fully saturated rings. The molecular weight excluding hydrogens is 481 g/mol. The summed E-state index contributed by atoms with van der Waals surface area (Å²) in [6.07, 6.45) is -0.435. The summed E-state index contributed by atoms with van der Waals surface area (Å²) < 4.78 is 71.9. The number of alkyl halides is 3. The van der Waals surface area contributed by atoms with Gasteiger partial charge in [0.1, 0.15) is 22.0 Å². The Hall–Kier alpha value is -2.67. The molecule has 0 saturated heterocycles. The molecule has 3 aromatic heterocycles. The number of carbonyl (C=O) groups is 1. The molecule has 0 saturated carbocycles. The van der Waals surface area contributed by atoms with Crippen LogP contribution in [0, 0.1) is 0 Å². The number of hydrogen-bond donors (Lipinski definition) is 0. The van der Waals surface area contributed by atoms with Gasteiger partial charge in [-0.05, 0) is 12.3 Å². The van der Waals surface area contributed by atoms with E-state index in [2.05, 4.69) is 15.0 Å². The Labute approximate surface area is 192 Å². The van der Waals surface area contributed by atoms with Crippen LogP contribution in [-0.4, -0.2) is 51.2 Å². The van der Waals surface area contributed by atoms with Gasteiger partial charge in [0.25, 0.3) is 0 Å². The average Bonchev–Trinajstić information content (AvgIpc) is 3.11. The van der Waals surface area contributed by atoms with Gasteiger partial charge in [-0.3, -0.25) is 4.79 Å². The van der Waals surface area contributed by atoms with Crippen LogP contribution in [-0.2, 0) is 27.9 Å². The number of rotatable bonds is 8. The van der Waals surface area contributed by atoms with E-state index in [4.69, 9.17) is 4.74 Å². The third-order valence-corrected chi connectivity index (χ3v) is 7.41. The van der Waals surface area contributed by atoms with Crippen LogP contribution >= 0.6 is 11.8 Å². The molecule has 33 heavy (non-hydrogen) atoms. The van der Waals surface area contributed by atoms with Crippen molar-refractivity contribution >= 4 is 38.4 Å². The number of aryl methyl sites for hydroxylation is 1. The van der Waals surface area contributed by atoms with E-state index in [-0.39, 0.29) is 51.2 Å². The molecule has 178 valence electrons. The second-order valence-electron chi connectivity index (χ2n) is 6.98. The van der Waals surface area contributed by atoms with E-state index in [0.717, 1.165) is 24.0 Å². The van der Waals surface area contributed by atoms with Gasteiger partial charge in [-0.1, -0.05) is 13.8 Å². The zero-order valence-corrected chi connectivity index (χ0v) is 19.8. The number of ketones is 1. The lowest BCUT2D eigenvalue weighted by atomic mass is 10.3. The lowest BCUT2D eigenvalue weighted by molar-refractivity contribution is -0.141. The van der Waals surface area contributed by atoms with Crippen molar-refractivity contribution < 1.29 is 31.1 Å². The van der Waals surface area contributed by atoms with Gasteiger partial charge in [-0.2, -0.15) is 13.2 Å². The third kappa shape index (κ3) is 4.98. The summed E-state index contributed by atoms with van der Waals surface area (Å²) in [6, 6.07) is 2.05. The van der Waals surface area contributed by atoms with Gasteiger partial charge in [-0.25, -0.2) is 23.4 Å². The normalized spacial score (nSPS) is 13.3. The first-order chi connectivity index (χ1) is 15.4. The minimum Gasteiger partial charge on any atom is -0.470 e. The molecule has 3 rings (SSSR count). The summed E-state index contributed by atoms with van der Waals surface area (Å²) in [5.41, 5.74) is -1.72.